The Morgan fingerprint density at radius 1 is 0.935 bits per heavy atom. The standard InChI is InChI=1S/C27H24F3N/c1-26(31,23-8-4-5-9-24(23)28)16-18-14-15-27(29,30)25-20(18)12-13-21-19-7-3-2-6-17(19)10-11-22(21)25/h2-10,12-13H,11,14-16,31H2,1H3/t26-/m1/s1. The summed E-state index contributed by atoms with van der Waals surface area (Å²) in [6.45, 7) is 1.77. The van der Waals surface area contributed by atoms with Crippen LogP contribution >= 0.6 is 0 Å². The van der Waals surface area contributed by atoms with Crippen LogP contribution in [0.4, 0.5) is 13.2 Å². The van der Waals surface area contributed by atoms with Gasteiger partial charge in [0.25, 0.3) is 5.92 Å². The Morgan fingerprint density at radius 2 is 1.65 bits per heavy atom. The van der Waals surface area contributed by atoms with Crippen molar-refractivity contribution in [3.05, 3.63) is 104 Å². The average Bonchev–Trinajstić information content (AvgIpc) is 2.75. The molecule has 0 aliphatic heterocycles. The molecule has 1 nitrogen and oxygen atoms in total. The van der Waals surface area contributed by atoms with E-state index in [4.69, 9.17) is 5.73 Å². The Bertz CT molecular complexity index is 1400. The van der Waals surface area contributed by atoms with Gasteiger partial charge in [-0.25, -0.2) is 13.2 Å². The van der Waals surface area contributed by atoms with Gasteiger partial charge in [0.05, 0.1) is 0 Å². The third kappa shape index (κ3) is 3.30. The highest BCUT2D eigenvalue weighted by Crippen LogP contribution is 2.41. The molecular formula is C27H24F3N. The molecule has 0 fully saturated rings. The summed E-state index contributed by atoms with van der Waals surface area (Å²) < 4.78 is 44.9. The number of alkyl halides is 2. The zero-order chi connectivity index (χ0) is 21.8. The third-order valence-electron chi connectivity index (χ3n) is 6.65. The molecule has 3 aromatic rings. The predicted octanol–water partition coefficient (Wildman–Crippen LogP) is 4.75. The van der Waals surface area contributed by atoms with Crippen LogP contribution in [0.5, 0.6) is 0 Å². The van der Waals surface area contributed by atoms with E-state index in [-0.39, 0.29) is 24.2 Å². The Labute approximate surface area is 179 Å². The fourth-order valence-electron chi connectivity index (χ4n) is 5.17. The number of hydrogen-bond donors (Lipinski definition) is 1. The molecule has 0 saturated carbocycles. The topological polar surface area (TPSA) is 26.0 Å². The molecule has 1 atom stereocenters. The molecule has 3 aromatic carbocycles. The van der Waals surface area contributed by atoms with Gasteiger partial charge in [-0.2, -0.15) is 0 Å². The van der Waals surface area contributed by atoms with Crippen LogP contribution in [0.1, 0.15) is 42.9 Å². The Kier molecular flexibility index (Phi) is 4.60. The van der Waals surface area contributed by atoms with Gasteiger partial charge in [-0.05, 0) is 58.7 Å². The first-order chi connectivity index (χ1) is 14.8. The highest BCUT2D eigenvalue weighted by molar-refractivity contribution is 5.57. The molecule has 0 amide bonds. The molecule has 31 heavy (non-hydrogen) atoms. The number of halogens is 3. The van der Waals surface area contributed by atoms with E-state index in [0.29, 0.717) is 29.2 Å². The lowest BCUT2D eigenvalue weighted by Crippen LogP contribution is -2.38. The zero-order valence-corrected chi connectivity index (χ0v) is 17.4. The summed E-state index contributed by atoms with van der Waals surface area (Å²) in [7, 11) is 0. The monoisotopic (exact) mass is 419 g/mol. The minimum absolute atomic E-state index is 0.126. The number of benzene rings is 3. The minimum atomic E-state index is -2.90. The van der Waals surface area contributed by atoms with Gasteiger partial charge in [0.15, 0.2) is 0 Å². The second-order valence-electron chi connectivity index (χ2n) is 8.89. The SMILES string of the molecule is C[C@@](N)(CC1=c2ccc3c(c2C(F)(F)CC1)CC=c1ccccc1=3)c1ccccc1F. The lowest BCUT2D eigenvalue weighted by atomic mass is 9.78. The van der Waals surface area contributed by atoms with Gasteiger partial charge in [-0.1, -0.05) is 66.2 Å². The van der Waals surface area contributed by atoms with Gasteiger partial charge >= 0.3 is 0 Å². The maximum atomic E-state index is 15.2. The van der Waals surface area contributed by atoms with Crippen LogP contribution < -0.4 is 16.2 Å². The van der Waals surface area contributed by atoms with Gasteiger partial charge in [0.2, 0.25) is 0 Å². The van der Waals surface area contributed by atoms with E-state index in [1.165, 1.54) is 6.07 Å². The summed E-state index contributed by atoms with van der Waals surface area (Å²) >= 11 is 0. The molecule has 0 saturated heterocycles. The first-order valence-electron chi connectivity index (χ1n) is 10.6. The largest absolute Gasteiger partial charge is 0.321 e. The van der Waals surface area contributed by atoms with E-state index in [1.807, 2.05) is 42.5 Å². The summed E-state index contributed by atoms with van der Waals surface area (Å²) in [5.74, 6) is -3.26. The van der Waals surface area contributed by atoms with Crippen molar-refractivity contribution < 1.29 is 13.2 Å². The summed E-state index contributed by atoms with van der Waals surface area (Å²) in [4.78, 5) is 0. The lowest BCUT2D eigenvalue weighted by Gasteiger charge is -2.32. The Balaban J connectivity index is 1.75. The highest BCUT2D eigenvalue weighted by atomic mass is 19.3. The molecule has 0 aromatic heterocycles. The maximum Gasteiger partial charge on any atom is 0.274 e. The fraction of sp³-hybridized carbons (Fsp3) is 0.259. The van der Waals surface area contributed by atoms with E-state index < -0.39 is 11.5 Å². The average molecular weight is 419 g/mol. The molecule has 0 unspecified atom stereocenters. The summed E-state index contributed by atoms with van der Waals surface area (Å²) in [5.41, 5.74) is 7.65. The van der Waals surface area contributed by atoms with Crippen molar-refractivity contribution in [1.82, 2.24) is 0 Å². The summed E-state index contributed by atoms with van der Waals surface area (Å²) in [6, 6.07) is 18.1. The van der Waals surface area contributed by atoms with Gasteiger partial charge in [0, 0.05) is 23.1 Å². The predicted molar refractivity (Wildman–Crippen MR) is 117 cm³/mol. The third-order valence-corrected chi connectivity index (χ3v) is 6.65. The van der Waals surface area contributed by atoms with Crippen LogP contribution in [0.2, 0.25) is 0 Å². The van der Waals surface area contributed by atoms with Gasteiger partial charge < -0.3 is 5.73 Å². The van der Waals surface area contributed by atoms with Crippen molar-refractivity contribution in [2.24, 2.45) is 5.73 Å². The second-order valence-corrected chi connectivity index (χ2v) is 8.89. The van der Waals surface area contributed by atoms with Gasteiger partial charge in [-0.15, -0.1) is 0 Å². The molecule has 2 aliphatic rings. The molecular weight excluding hydrogens is 395 g/mol. The zero-order valence-electron chi connectivity index (χ0n) is 17.4. The van der Waals surface area contributed by atoms with Crippen molar-refractivity contribution in [2.75, 3.05) is 0 Å². The van der Waals surface area contributed by atoms with Crippen LogP contribution in [0, 0.1) is 16.3 Å². The first kappa shape index (κ1) is 20.1. The van der Waals surface area contributed by atoms with Crippen molar-refractivity contribution in [1.29, 1.82) is 0 Å². The Morgan fingerprint density at radius 3 is 2.45 bits per heavy atom. The van der Waals surface area contributed by atoms with E-state index in [2.05, 4.69) is 0 Å². The normalized spacial score (nSPS) is 18.3. The molecule has 2 N–H and O–H groups in total. The molecule has 0 spiro atoms. The van der Waals surface area contributed by atoms with Crippen molar-refractivity contribution in [2.45, 2.75) is 44.1 Å². The molecule has 0 heterocycles. The van der Waals surface area contributed by atoms with Crippen molar-refractivity contribution in [3.63, 3.8) is 0 Å². The van der Waals surface area contributed by atoms with Crippen LogP contribution in [-0.2, 0) is 17.9 Å². The van der Waals surface area contributed by atoms with E-state index in [9.17, 15) is 4.39 Å². The van der Waals surface area contributed by atoms with Gasteiger partial charge in [0.1, 0.15) is 5.82 Å². The second kappa shape index (κ2) is 7.10. The molecule has 0 radical (unpaired) electrons. The number of nitrogens with two attached hydrogens (primary N) is 1. The fourth-order valence-corrected chi connectivity index (χ4v) is 5.17. The van der Waals surface area contributed by atoms with Gasteiger partial charge in [-0.3, -0.25) is 0 Å². The van der Waals surface area contributed by atoms with Crippen molar-refractivity contribution in [3.8, 4) is 0 Å². The summed E-state index contributed by atoms with van der Waals surface area (Å²) in [5, 5.41) is 3.52. The van der Waals surface area contributed by atoms with Crippen LogP contribution in [-0.4, -0.2) is 0 Å². The molecule has 5 rings (SSSR count). The number of rotatable bonds is 3. The minimum Gasteiger partial charge on any atom is -0.321 e. The van der Waals surface area contributed by atoms with E-state index in [0.717, 1.165) is 21.2 Å². The van der Waals surface area contributed by atoms with Crippen LogP contribution in [0.3, 0.4) is 0 Å². The molecule has 158 valence electrons. The van der Waals surface area contributed by atoms with E-state index >= 15 is 8.78 Å². The smallest absolute Gasteiger partial charge is 0.274 e. The van der Waals surface area contributed by atoms with E-state index in [1.54, 1.807) is 25.1 Å². The molecule has 4 heteroatoms. The lowest BCUT2D eigenvalue weighted by molar-refractivity contribution is -0.0164. The highest BCUT2D eigenvalue weighted by Gasteiger charge is 2.39. The summed E-state index contributed by atoms with van der Waals surface area (Å²) in [6.07, 6.45) is 2.83. The molecule has 0 bridgehead atoms. The van der Waals surface area contributed by atoms with Crippen LogP contribution in [0.25, 0.3) is 11.6 Å². The maximum absolute atomic E-state index is 15.2. The number of hydrogen-bond acceptors (Lipinski definition) is 1. The van der Waals surface area contributed by atoms with Crippen LogP contribution in [0.15, 0.2) is 60.7 Å². The van der Waals surface area contributed by atoms with Crippen molar-refractivity contribution >= 4 is 11.6 Å². The first-order valence-corrected chi connectivity index (χ1v) is 10.6. The number of fused-ring (bicyclic) bond motifs is 4. The quantitative estimate of drug-likeness (QED) is 0.652. The molecule has 2 aliphatic carbocycles. The Hall–Kier alpha value is -2.85.